The molecule has 0 radical (unpaired) electrons. The minimum Gasteiger partial charge on any atom is -0.326 e. The van der Waals surface area contributed by atoms with Gasteiger partial charge < -0.3 is 10.2 Å². The first-order chi connectivity index (χ1) is 19.4. The van der Waals surface area contributed by atoms with E-state index in [1.54, 1.807) is 0 Å². The van der Waals surface area contributed by atoms with Crippen molar-refractivity contribution >= 4 is 21.7 Å². The van der Waals surface area contributed by atoms with E-state index in [1.165, 1.54) is 31.2 Å². The molecule has 218 valence electrons. The van der Waals surface area contributed by atoms with E-state index in [0.717, 1.165) is 49.2 Å². The fourth-order valence-corrected chi connectivity index (χ4v) is 5.96. The number of benzene rings is 2. The third kappa shape index (κ3) is 7.24. The molecule has 1 atom stereocenters. The van der Waals surface area contributed by atoms with E-state index < -0.39 is 33.8 Å². The Hall–Kier alpha value is -3.91. The second-order valence-corrected chi connectivity index (χ2v) is 11.1. The number of hydrogen-bond donors (Lipinski definition) is 2. The molecular weight excluding hydrogens is 557 g/mol. The summed E-state index contributed by atoms with van der Waals surface area (Å²) < 4.78 is 69.2. The number of alkyl halides is 3. The quantitative estimate of drug-likeness (QED) is 0.354. The number of halogens is 3. The first-order valence-corrected chi connectivity index (χ1v) is 14.5. The third-order valence-corrected chi connectivity index (χ3v) is 8.38. The summed E-state index contributed by atoms with van der Waals surface area (Å²) in [6, 6.07) is 9.79. The van der Waals surface area contributed by atoms with Gasteiger partial charge in [0.2, 0.25) is 10.0 Å². The first-order valence-electron chi connectivity index (χ1n) is 13.0. The van der Waals surface area contributed by atoms with Gasteiger partial charge in [-0.1, -0.05) is 26.0 Å². The summed E-state index contributed by atoms with van der Waals surface area (Å²) in [5.74, 6) is 0. The number of nitrogens with zero attached hydrogens (tertiary/aromatic N) is 4. The highest BCUT2D eigenvalue weighted by molar-refractivity contribution is 7.89. The van der Waals surface area contributed by atoms with Gasteiger partial charge in [-0.3, -0.25) is 4.90 Å². The molecule has 1 heterocycles. The highest BCUT2D eigenvalue weighted by Crippen LogP contribution is 2.38. The fourth-order valence-electron chi connectivity index (χ4n) is 4.61. The number of urea groups is 1. The Kier molecular flexibility index (Phi) is 10.2. The summed E-state index contributed by atoms with van der Waals surface area (Å²) in [5, 5.41) is 22.0. The molecule has 2 N–H and O–H groups in total. The summed E-state index contributed by atoms with van der Waals surface area (Å²) >= 11 is 0. The number of anilines is 1. The number of amides is 2. The highest BCUT2D eigenvalue weighted by Gasteiger charge is 2.37. The predicted molar refractivity (Wildman–Crippen MR) is 147 cm³/mol. The Labute approximate surface area is 237 Å². The van der Waals surface area contributed by atoms with Crippen LogP contribution in [0.15, 0.2) is 58.6 Å². The van der Waals surface area contributed by atoms with E-state index in [0.29, 0.717) is 6.42 Å². The van der Waals surface area contributed by atoms with Gasteiger partial charge in [-0.2, -0.15) is 23.7 Å². The van der Waals surface area contributed by atoms with Crippen molar-refractivity contribution < 1.29 is 26.4 Å². The SMILES string of the molecule is CCN(CC)CCCCNS(=O)(=O)c1cc(C#N)ccc1C1NC(=O)N(c2cccc(C(F)(F)F)c2)C(C)=C1C#N. The molecule has 0 saturated carbocycles. The monoisotopic (exact) mass is 588 g/mol. The molecule has 0 bridgehead atoms. The molecule has 9 nitrogen and oxygen atoms in total. The number of nitriles is 2. The van der Waals surface area contributed by atoms with Crippen LogP contribution < -0.4 is 14.9 Å². The second-order valence-electron chi connectivity index (χ2n) is 9.37. The van der Waals surface area contributed by atoms with Gasteiger partial charge in [-0.25, -0.2) is 17.9 Å². The molecule has 0 aliphatic carbocycles. The fraction of sp³-hybridized carbons (Fsp3) is 0.393. The molecule has 1 aliphatic rings. The van der Waals surface area contributed by atoms with E-state index in [1.807, 2.05) is 26.0 Å². The van der Waals surface area contributed by atoms with Crippen molar-refractivity contribution in [3.05, 3.63) is 70.4 Å². The topological polar surface area (TPSA) is 129 Å². The maximum atomic E-state index is 13.4. The van der Waals surface area contributed by atoms with Crippen molar-refractivity contribution in [1.82, 2.24) is 14.9 Å². The molecule has 2 aromatic rings. The average molecular weight is 589 g/mol. The van der Waals surface area contributed by atoms with Crippen molar-refractivity contribution in [2.75, 3.05) is 31.1 Å². The molecule has 41 heavy (non-hydrogen) atoms. The van der Waals surface area contributed by atoms with Crippen LogP contribution in [0.1, 0.15) is 56.3 Å². The van der Waals surface area contributed by atoms with Gasteiger partial charge >= 0.3 is 12.2 Å². The second kappa shape index (κ2) is 13.2. The van der Waals surface area contributed by atoms with Crippen LogP contribution in [0.5, 0.6) is 0 Å². The van der Waals surface area contributed by atoms with Crippen molar-refractivity contribution in [2.24, 2.45) is 0 Å². The van der Waals surface area contributed by atoms with Gasteiger partial charge in [0, 0.05) is 12.2 Å². The largest absolute Gasteiger partial charge is 0.416 e. The summed E-state index contributed by atoms with van der Waals surface area (Å²) in [7, 11) is -4.18. The Bertz CT molecular complexity index is 1510. The molecule has 0 saturated heterocycles. The zero-order valence-corrected chi connectivity index (χ0v) is 23.7. The highest BCUT2D eigenvalue weighted by atomic mass is 32.2. The average Bonchev–Trinajstić information content (AvgIpc) is 2.94. The molecular formula is C28H31F3N6O3S. The lowest BCUT2D eigenvalue weighted by atomic mass is 9.94. The summed E-state index contributed by atoms with van der Waals surface area (Å²) in [6.07, 6.45) is -3.32. The van der Waals surface area contributed by atoms with E-state index in [9.17, 15) is 36.9 Å². The lowest BCUT2D eigenvalue weighted by Gasteiger charge is -2.34. The van der Waals surface area contributed by atoms with E-state index in [2.05, 4.69) is 14.9 Å². The maximum absolute atomic E-state index is 13.4. The van der Waals surface area contributed by atoms with Crippen LogP contribution in [0.2, 0.25) is 0 Å². The van der Waals surface area contributed by atoms with Crippen molar-refractivity contribution in [3.63, 3.8) is 0 Å². The van der Waals surface area contributed by atoms with Gasteiger partial charge in [0.1, 0.15) is 0 Å². The molecule has 3 rings (SSSR count). The van der Waals surface area contributed by atoms with Gasteiger partial charge in [-0.05, 0) is 75.3 Å². The summed E-state index contributed by atoms with van der Waals surface area (Å²) in [4.78, 5) is 16.1. The van der Waals surface area contributed by atoms with Crippen molar-refractivity contribution in [3.8, 4) is 12.1 Å². The van der Waals surface area contributed by atoms with E-state index in [-0.39, 0.29) is 39.5 Å². The minimum atomic E-state index is -4.65. The van der Waals surface area contributed by atoms with Gasteiger partial charge in [-0.15, -0.1) is 0 Å². The van der Waals surface area contributed by atoms with Crippen LogP contribution >= 0.6 is 0 Å². The van der Waals surface area contributed by atoms with Crippen LogP contribution in [0, 0.1) is 22.7 Å². The van der Waals surface area contributed by atoms with Crippen molar-refractivity contribution in [2.45, 2.75) is 50.7 Å². The lowest BCUT2D eigenvalue weighted by molar-refractivity contribution is -0.137. The molecule has 0 fully saturated rings. The van der Waals surface area contributed by atoms with Crippen LogP contribution in [0.3, 0.4) is 0 Å². The predicted octanol–water partition coefficient (Wildman–Crippen LogP) is 5.05. The molecule has 1 aliphatic heterocycles. The molecule has 13 heteroatoms. The number of carbonyl (C=O) groups excluding carboxylic acids is 1. The first kappa shape index (κ1) is 31.6. The number of allylic oxidation sites excluding steroid dienone is 1. The molecule has 2 amide bonds. The van der Waals surface area contributed by atoms with E-state index in [4.69, 9.17) is 0 Å². The zero-order valence-electron chi connectivity index (χ0n) is 22.9. The maximum Gasteiger partial charge on any atom is 0.416 e. The number of carbonyl (C=O) groups is 1. The van der Waals surface area contributed by atoms with Crippen LogP contribution in [0.4, 0.5) is 23.7 Å². The summed E-state index contributed by atoms with van der Waals surface area (Å²) in [5.41, 5.74) is -1.00. The van der Waals surface area contributed by atoms with Crippen molar-refractivity contribution in [1.29, 1.82) is 10.5 Å². The normalized spacial score (nSPS) is 16.0. The van der Waals surface area contributed by atoms with Crippen LogP contribution in [0.25, 0.3) is 0 Å². The Morgan fingerprint density at radius 3 is 2.39 bits per heavy atom. The third-order valence-electron chi connectivity index (χ3n) is 6.87. The number of sulfonamides is 1. The minimum absolute atomic E-state index is 0.0395. The Balaban J connectivity index is 1.97. The standard InChI is InChI=1S/C28H31F3N6O3S/c1-4-36(5-2)14-7-6-13-34-41(39,40)25-15-20(17-32)11-12-23(25)26-24(18-33)19(3)37(27(38)35-26)22-10-8-9-21(16-22)28(29,30)31/h8-12,15-16,26,34H,4-7,13-14H2,1-3H3,(H,35,38). The van der Waals surface area contributed by atoms with Gasteiger partial charge in [0.25, 0.3) is 0 Å². The van der Waals surface area contributed by atoms with E-state index >= 15 is 0 Å². The molecule has 2 aromatic carbocycles. The lowest BCUT2D eigenvalue weighted by Crippen LogP contribution is -2.47. The van der Waals surface area contributed by atoms with Gasteiger partial charge in [0.05, 0.1) is 45.5 Å². The Morgan fingerprint density at radius 2 is 1.78 bits per heavy atom. The smallest absolute Gasteiger partial charge is 0.326 e. The molecule has 1 unspecified atom stereocenters. The molecule has 0 aromatic heterocycles. The number of hydrogen-bond acceptors (Lipinski definition) is 6. The summed E-state index contributed by atoms with van der Waals surface area (Å²) in [6.45, 7) is 8.22. The van der Waals surface area contributed by atoms with Crippen LogP contribution in [-0.4, -0.2) is 45.5 Å². The zero-order chi connectivity index (χ0) is 30.4. The number of unbranched alkanes of at least 4 members (excludes halogenated alkanes) is 1. The van der Waals surface area contributed by atoms with Crippen LogP contribution in [-0.2, 0) is 16.2 Å². The van der Waals surface area contributed by atoms with Gasteiger partial charge in [0.15, 0.2) is 0 Å². The Morgan fingerprint density at radius 1 is 1.07 bits per heavy atom. The number of rotatable bonds is 11. The molecule has 0 spiro atoms. The number of nitrogens with one attached hydrogen (secondary N) is 2.